The zero-order valence-electron chi connectivity index (χ0n) is 15.6. The normalized spacial score (nSPS) is 15.2. The molecule has 1 saturated carbocycles. The smallest absolute Gasteiger partial charge is 0.348 e. The van der Waals surface area contributed by atoms with Crippen molar-refractivity contribution in [2.75, 3.05) is 5.32 Å². The van der Waals surface area contributed by atoms with Gasteiger partial charge in [-0.15, -0.1) is 0 Å². The summed E-state index contributed by atoms with van der Waals surface area (Å²) >= 11 is 0. The van der Waals surface area contributed by atoms with Gasteiger partial charge in [-0.3, -0.25) is 4.79 Å². The van der Waals surface area contributed by atoms with Crippen molar-refractivity contribution in [1.29, 1.82) is 0 Å². The molecule has 4 nitrogen and oxygen atoms in total. The summed E-state index contributed by atoms with van der Waals surface area (Å²) in [5.41, 5.74) is -0.493. The van der Waals surface area contributed by atoms with Crippen LogP contribution in [0.4, 0.5) is 19.1 Å². The number of benzene rings is 2. The minimum Gasteiger partial charge on any atom is -0.405 e. The van der Waals surface area contributed by atoms with E-state index >= 15 is 0 Å². The Morgan fingerprint density at radius 1 is 1.14 bits per heavy atom. The second kappa shape index (κ2) is 7.39. The number of fused-ring (bicyclic) bond motifs is 1. The van der Waals surface area contributed by atoms with Gasteiger partial charge in [0.1, 0.15) is 22.8 Å². The van der Waals surface area contributed by atoms with Crippen LogP contribution in [0.15, 0.2) is 45.6 Å². The highest BCUT2D eigenvalue weighted by Crippen LogP contribution is 2.41. The van der Waals surface area contributed by atoms with Crippen molar-refractivity contribution in [3.63, 3.8) is 0 Å². The van der Waals surface area contributed by atoms with E-state index in [0.29, 0.717) is 11.6 Å². The molecule has 1 heterocycles. The van der Waals surface area contributed by atoms with Crippen LogP contribution in [-0.2, 0) is 0 Å². The van der Waals surface area contributed by atoms with Crippen molar-refractivity contribution >= 4 is 22.4 Å². The third-order valence-corrected chi connectivity index (χ3v) is 5.42. The van der Waals surface area contributed by atoms with E-state index in [-0.39, 0.29) is 22.8 Å². The Morgan fingerprint density at radius 3 is 2.52 bits per heavy atom. The number of ketones is 1. The number of nitrogens with one attached hydrogen (secondary N) is 1. The number of hydrogen-bond acceptors (Lipinski definition) is 4. The standard InChI is InChI=1S/C22H18F3NO3/c1-11(27)18-16-9-15(24)10-17(25)19(16)22(28)29-21(18)26-20(12-4-2-5-12)13-6-3-7-14(23)8-13/h3,6-10,12,20,26H,2,4-5H2,1H3. The highest BCUT2D eigenvalue weighted by molar-refractivity contribution is 6.10. The SMILES string of the molecule is CC(=O)c1c(NC(c2cccc(F)c2)C2CCC2)oc(=O)c2c(F)cc(F)cc12. The average Bonchev–Trinajstić information content (AvgIpc) is 2.58. The first-order valence-electron chi connectivity index (χ1n) is 9.34. The van der Waals surface area contributed by atoms with E-state index in [9.17, 15) is 22.8 Å². The minimum atomic E-state index is -1.09. The van der Waals surface area contributed by atoms with Crippen molar-refractivity contribution in [2.24, 2.45) is 5.92 Å². The molecule has 0 radical (unpaired) electrons. The van der Waals surface area contributed by atoms with Gasteiger partial charge in [0.25, 0.3) is 0 Å². The largest absolute Gasteiger partial charge is 0.405 e. The number of Topliss-reactive ketones (excluding diaryl/α,β-unsaturated/α-hetero) is 1. The molecule has 29 heavy (non-hydrogen) atoms. The third kappa shape index (κ3) is 3.52. The van der Waals surface area contributed by atoms with Crippen molar-refractivity contribution < 1.29 is 22.4 Å². The molecule has 1 N–H and O–H groups in total. The van der Waals surface area contributed by atoms with Gasteiger partial charge in [0.05, 0.1) is 11.6 Å². The fourth-order valence-electron chi connectivity index (χ4n) is 3.83. The van der Waals surface area contributed by atoms with Crippen LogP contribution in [0.5, 0.6) is 0 Å². The molecule has 7 heteroatoms. The topological polar surface area (TPSA) is 59.3 Å². The van der Waals surface area contributed by atoms with Gasteiger partial charge in [0.15, 0.2) is 5.78 Å². The fraction of sp³-hybridized carbons (Fsp3) is 0.273. The van der Waals surface area contributed by atoms with Crippen LogP contribution in [0.2, 0.25) is 0 Å². The molecule has 150 valence electrons. The Kier molecular flexibility index (Phi) is 4.90. The number of carbonyl (C=O) groups excluding carboxylic acids is 1. The third-order valence-electron chi connectivity index (χ3n) is 5.42. The zero-order valence-corrected chi connectivity index (χ0v) is 15.6. The van der Waals surface area contributed by atoms with E-state index in [1.54, 1.807) is 12.1 Å². The summed E-state index contributed by atoms with van der Waals surface area (Å²) in [6.07, 6.45) is 2.77. The van der Waals surface area contributed by atoms with Crippen LogP contribution in [-0.4, -0.2) is 5.78 Å². The van der Waals surface area contributed by atoms with Gasteiger partial charge in [0.2, 0.25) is 5.88 Å². The Labute approximate surface area is 164 Å². The quantitative estimate of drug-likeness (QED) is 0.584. The molecule has 0 aliphatic heterocycles. The Bertz CT molecular complexity index is 1170. The van der Waals surface area contributed by atoms with Crippen LogP contribution in [0.3, 0.4) is 0 Å². The summed E-state index contributed by atoms with van der Waals surface area (Å²) in [6, 6.07) is 7.11. The van der Waals surface area contributed by atoms with Crippen molar-refractivity contribution in [2.45, 2.75) is 32.2 Å². The number of rotatable bonds is 5. The predicted molar refractivity (Wildman–Crippen MR) is 103 cm³/mol. The second-order valence-corrected chi connectivity index (χ2v) is 7.33. The lowest BCUT2D eigenvalue weighted by atomic mass is 9.77. The summed E-state index contributed by atoms with van der Waals surface area (Å²) in [4.78, 5) is 24.7. The molecule has 2 aromatic carbocycles. The van der Waals surface area contributed by atoms with E-state index in [2.05, 4.69) is 5.32 Å². The zero-order chi connectivity index (χ0) is 20.7. The predicted octanol–water partition coefficient (Wildman–Crippen LogP) is 5.37. The maximum Gasteiger partial charge on any atom is 0.348 e. The molecule has 0 bridgehead atoms. The molecule has 0 spiro atoms. The van der Waals surface area contributed by atoms with Crippen LogP contribution < -0.4 is 10.9 Å². The highest BCUT2D eigenvalue weighted by Gasteiger charge is 2.31. The van der Waals surface area contributed by atoms with Gasteiger partial charge < -0.3 is 9.73 Å². The first-order valence-corrected chi connectivity index (χ1v) is 9.34. The van der Waals surface area contributed by atoms with Crippen molar-refractivity contribution in [3.05, 3.63) is 75.4 Å². The summed E-state index contributed by atoms with van der Waals surface area (Å²) in [7, 11) is 0. The van der Waals surface area contributed by atoms with Gasteiger partial charge >= 0.3 is 5.63 Å². The first-order chi connectivity index (χ1) is 13.8. The summed E-state index contributed by atoms with van der Waals surface area (Å²) in [6.45, 7) is 1.23. The number of anilines is 1. The summed E-state index contributed by atoms with van der Waals surface area (Å²) in [5, 5.41) is 2.42. The van der Waals surface area contributed by atoms with Gasteiger partial charge in [-0.05, 0) is 49.4 Å². The molecule has 0 saturated heterocycles. The lowest BCUT2D eigenvalue weighted by Crippen LogP contribution is -2.27. The van der Waals surface area contributed by atoms with E-state index in [1.165, 1.54) is 19.1 Å². The lowest BCUT2D eigenvalue weighted by molar-refractivity contribution is 0.101. The van der Waals surface area contributed by atoms with Gasteiger partial charge in [0, 0.05) is 11.5 Å². The number of carbonyl (C=O) groups is 1. The average molecular weight is 401 g/mol. The number of hydrogen-bond donors (Lipinski definition) is 1. The lowest BCUT2D eigenvalue weighted by Gasteiger charge is -2.35. The fourth-order valence-corrected chi connectivity index (χ4v) is 3.83. The minimum absolute atomic E-state index is 0.112. The molecule has 1 fully saturated rings. The van der Waals surface area contributed by atoms with Gasteiger partial charge in [-0.2, -0.15) is 0 Å². The molecular weight excluding hydrogens is 383 g/mol. The Hall–Kier alpha value is -3.09. The van der Waals surface area contributed by atoms with E-state index in [4.69, 9.17) is 4.42 Å². The second-order valence-electron chi connectivity index (χ2n) is 7.33. The Balaban J connectivity index is 1.89. The maximum absolute atomic E-state index is 14.2. The molecule has 1 unspecified atom stereocenters. The molecular formula is C22H18F3NO3. The summed E-state index contributed by atoms with van der Waals surface area (Å²) in [5.74, 6) is -2.96. The van der Waals surface area contributed by atoms with E-state index in [0.717, 1.165) is 25.3 Å². The Morgan fingerprint density at radius 2 is 1.90 bits per heavy atom. The van der Waals surface area contributed by atoms with Gasteiger partial charge in [-0.25, -0.2) is 18.0 Å². The molecule has 1 aliphatic rings. The first kappa shape index (κ1) is 19.2. The number of halogens is 3. The van der Waals surface area contributed by atoms with E-state index < -0.39 is 40.3 Å². The van der Waals surface area contributed by atoms with Crippen molar-refractivity contribution in [1.82, 2.24) is 0 Å². The maximum atomic E-state index is 14.2. The van der Waals surface area contributed by atoms with Crippen molar-refractivity contribution in [3.8, 4) is 0 Å². The molecule has 3 aromatic rings. The van der Waals surface area contributed by atoms with Gasteiger partial charge in [-0.1, -0.05) is 18.6 Å². The molecule has 1 aliphatic carbocycles. The van der Waals surface area contributed by atoms with Crippen LogP contribution in [0.1, 0.15) is 48.1 Å². The molecule has 1 aromatic heterocycles. The summed E-state index contributed by atoms with van der Waals surface area (Å²) < 4.78 is 47.0. The molecule has 1 atom stereocenters. The van der Waals surface area contributed by atoms with Crippen LogP contribution in [0, 0.1) is 23.4 Å². The van der Waals surface area contributed by atoms with Crippen LogP contribution in [0.25, 0.3) is 10.8 Å². The molecule has 0 amide bonds. The van der Waals surface area contributed by atoms with Crippen LogP contribution >= 0.6 is 0 Å². The highest BCUT2D eigenvalue weighted by atomic mass is 19.1. The van der Waals surface area contributed by atoms with E-state index in [1.807, 2.05) is 0 Å². The monoisotopic (exact) mass is 401 g/mol. The molecule has 4 rings (SSSR count).